The summed E-state index contributed by atoms with van der Waals surface area (Å²) in [5.74, 6) is 1.35. The van der Waals surface area contributed by atoms with Gasteiger partial charge in [-0.25, -0.2) is 8.42 Å². The number of hydrogen-bond donors (Lipinski definition) is 1. The molecule has 0 aliphatic rings. The van der Waals surface area contributed by atoms with Crippen molar-refractivity contribution < 1.29 is 13.5 Å². The van der Waals surface area contributed by atoms with Gasteiger partial charge in [0.25, 0.3) is 0 Å². The molecule has 108 valence electrons. The van der Waals surface area contributed by atoms with Gasteiger partial charge in [-0.2, -0.15) is 0 Å². The van der Waals surface area contributed by atoms with Crippen molar-refractivity contribution in [3.05, 3.63) is 29.8 Å². The summed E-state index contributed by atoms with van der Waals surface area (Å²) in [5.41, 5.74) is 0.856. The van der Waals surface area contributed by atoms with Gasteiger partial charge >= 0.3 is 0 Å². The van der Waals surface area contributed by atoms with Crippen LogP contribution in [0.4, 0.5) is 0 Å². The monoisotopic (exact) mass is 302 g/mol. The van der Waals surface area contributed by atoms with Crippen molar-refractivity contribution in [2.45, 2.75) is 37.7 Å². The van der Waals surface area contributed by atoms with Crippen molar-refractivity contribution in [3.63, 3.8) is 0 Å². The number of thioether (sulfide) groups is 1. The highest BCUT2D eigenvalue weighted by molar-refractivity contribution is 7.99. The zero-order valence-electron chi connectivity index (χ0n) is 11.5. The highest BCUT2D eigenvalue weighted by Gasteiger charge is 2.11. The van der Waals surface area contributed by atoms with Gasteiger partial charge in [0.15, 0.2) is 0 Å². The third kappa shape index (κ3) is 5.97. The van der Waals surface area contributed by atoms with Crippen LogP contribution in [-0.2, 0) is 9.84 Å². The molecule has 3 nitrogen and oxygen atoms in total. The molecule has 0 saturated carbocycles. The number of aliphatic hydroxyl groups is 1. The molecule has 0 aromatic heterocycles. The van der Waals surface area contributed by atoms with Gasteiger partial charge in [0.2, 0.25) is 0 Å². The lowest BCUT2D eigenvalue weighted by molar-refractivity contribution is 0.166. The average molecular weight is 302 g/mol. The molecule has 1 rings (SSSR count). The van der Waals surface area contributed by atoms with Crippen molar-refractivity contribution in [3.8, 4) is 0 Å². The SMILES string of the molecule is CCSc1ccc(C(O)CCCS(=O)(=O)CC)cc1. The van der Waals surface area contributed by atoms with Gasteiger partial charge in [0, 0.05) is 10.6 Å². The van der Waals surface area contributed by atoms with Crippen LogP contribution in [0.5, 0.6) is 0 Å². The Bertz CT molecular complexity index is 466. The Morgan fingerprint density at radius 3 is 2.37 bits per heavy atom. The third-order valence-corrected chi connectivity index (χ3v) is 5.63. The van der Waals surface area contributed by atoms with Gasteiger partial charge in [-0.15, -0.1) is 11.8 Å². The Kier molecular flexibility index (Phi) is 6.89. The molecule has 5 heteroatoms. The Labute approximate surface area is 120 Å². The number of rotatable bonds is 8. The maximum Gasteiger partial charge on any atom is 0.150 e. The van der Waals surface area contributed by atoms with E-state index in [-0.39, 0.29) is 11.5 Å². The van der Waals surface area contributed by atoms with E-state index in [1.54, 1.807) is 18.7 Å². The molecule has 0 aliphatic carbocycles. The molecule has 1 unspecified atom stereocenters. The van der Waals surface area contributed by atoms with Gasteiger partial charge < -0.3 is 5.11 Å². The molecule has 1 aromatic rings. The molecule has 19 heavy (non-hydrogen) atoms. The second kappa shape index (κ2) is 7.92. The Balaban J connectivity index is 2.47. The molecule has 0 spiro atoms. The fourth-order valence-corrected chi connectivity index (χ4v) is 3.32. The highest BCUT2D eigenvalue weighted by atomic mass is 32.2. The van der Waals surface area contributed by atoms with Gasteiger partial charge in [-0.05, 0) is 36.3 Å². The van der Waals surface area contributed by atoms with Crippen LogP contribution < -0.4 is 0 Å². The van der Waals surface area contributed by atoms with E-state index in [2.05, 4.69) is 6.92 Å². The van der Waals surface area contributed by atoms with Crippen molar-refractivity contribution in [2.24, 2.45) is 0 Å². The molecule has 0 saturated heterocycles. The van der Waals surface area contributed by atoms with E-state index in [0.29, 0.717) is 12.8 Å². The summed E-state index contributed by atoms with van der Waals surface area (Å²) >= 11 is 1.76. The number of aliphatic hydroxyl groups excluding tert-OH is 1. The molecule has 0 heterocycles. The second-order valence-electron chi connectivity index (χ2n) is 4.40. The quantitative estimate of drug-likeness (QED) is 0.750. The van der Waals surface area contributed by atoms with E-state index in [4.69, 9.17) is 0 Å². The van der Waals surface area contributed by atoms with Crippen LogP contribution in [0.2, 0.25) is 0 Å². The zero-order valence-corrected chi connectivity index (χ0v) is 13.1. The minimum Gasteiger partial charge on any atom is -0.388 e. The van der Waals surface area contributed by atoms with Crippen molar-refractivity contribution >= 4 is 21.6 Å². The molecule has 1 atom stereocenters. The minimum atomic E-state index is -2.93. The lowest BCUT2D eigenvalue weighted by Gasteiger charge is -2.11. The fraction of sp³-hybridized carbons (Fsp3) is 0.571. The lowest BCUT2D eigenvalue weighted by Crippen LogP contribution is -2.10. The number of hydrogen-bond acceptors (Lipinski definition) is 4. The molecular formula is C14H22O3S2. The second-order valence-corrected chi connectivity index (χ2v) is 8.21. The van der Waals surface area contributed by atoms with E-state index in [1.165, 1.54) is 4.90 Å². The van der Waals surface area contributed by atoms with Crippen LogP contribution in [0.15, 0.2) is 29.2 Å². The van der Waals surface area contributed by atoms with Crippen LogP contribution in [0, 0.1) is 0 Å². The number of sulfone groups is 1. The summed E-state index contributed by atoms with van der Waals surface area (Å²) in [6.45, 7) is 3.75. The van der Waals surface area contributed by atoms with E-state index in [1.807, 2.05) is 24.3 Å². The van der Waals surface area contributed by atoms with E-state index < -0.39 is 15.9 Å². The lowest BCUT2D eigenvalue weighted by atomic mass is 10.1. The van der Waals surface area contributed by atoms with E-state index in [0.717, 1.165) is 11.3 Å². The Morgan fingerprint density at radius 2 is 1.84 bits per heavy atom. The van der Waals surface area contributed by atoms with Crippen LogP contribution in [0.3, 0.4) is 0 Å². The first-order valence-electron chi connectivity index (χ1n) is 6.59. The molecule has 0 aliphatic heterocycles. The molecule has 0 radical (unpaired) electrons. The Morgan fingerprint density at radius 1 is 1.21 bits per heavy atom. The smallest absolute Gasteiger partial charge is 0.150 e. The van der Waals surface area contributed by atoms with Crippen molar-refractivity contribution in [1.82, 2.24) is 0 Å². The standard InChI is InChI=1S/C14H22O3S2/c1-3-18-13-9-7-12(8-10-13)14(15)6-5-11-19(16,17)4-2/h7-10,14-15H,3-6,11H2,1-2H3. The summed E-state index contributed by atoms with van der Waals surface area (Å²) in [7, 11) is -2.93. The largest absolute Gasteiger partial charge is 0.388 e. The summed E-state index contributed by atoms with van der Waals surface area (Å²) < 4.78 is 22.7. The predicted molar refractivity (Wildman–Crippen MR) is 81.4 cm³/mol. The predicted octanol–water partition coefficient (Wildman–Crippen LogP) is 3.05. The summed E-state index contributed by atoms with van der Waals surface area (Å²) in [6, 6.07) is 7.82. The first kappa shape index (κ1) is 16.5. The van der Waals surface area contributed by atoms with E-state index in [9.17, 15) is 13.5 Å². The molecule has 1 N–H and O–H groups in total. The Hall–Kier alpha value is -0.520. The molecular weight excluding hydrogens is 280 g/mol. The van der Waals surface area contributed by atoms with Crippen LogP contribution >= 0.6 is 11.8 Å². The van der Waals surface area contributed by atoms with Gasteiger partial charge in [-0.3, -0.25) is 0 Å². The van der Waals surface area contributed by atoms with Crippen molar-refractivity contribution in [2.75, 3.05) is 17.3 Å². The summed E-state index contributed by atoms with van der Waals surface area (Å²) in [5, 5.41) is 10.0. The summed E-state index contributed by atoms with van der Waals surface area (Å²) in [4.78, 5) is 1.19. The first-order chi connectivity index (χ1) is 8.98. The van der Waals surface area contributed by atoms with Crippen molar-refractivity contribution in [1.29, 1.82) is 0 Å². The highest BCUT2D eigenvalue weighted by Crippen LogP contribution is 2.23. The average Bonchev–Trinajstić information content (AvgIpc) is 2.39. The third-order valence-electron chi connectivity index (χ3n) is 2.95. The molecule has 1 aromatic carbocycles. The van der Waals surface area contributed by atoms with Gasteiger partial charge in [0.05, 0.1) is 11.9 Å². The number of benzene rings is 1. The van der Waals surface area contributed by atoms with Crippen LogP contribution in [0.25, 0.3) is 0 Å². The maximum absolute atomic E-state index is 11.3. The maximum atomic E-state index is 11.3. The van der Waals surface area contributed by atoms with Crippen LogP contribution in [0.1, 0.15) is 38.4 Å². The first-order valence-corrected chi connectivity index (χ1v) is 9.40. The van der Waals surface area contributed by atoms with Gasteiger partial charge in [-0.1, -0.05) is 26.0 Å². The molecule has 0 bridgehead atoms. The topological polar surface area (TPSA) is 54.4 Å². The summed E-state index contributed by atoms with van der Waals surface area (Å²) in [6.07, 6.45) is 0.412. The van der Waals surface area contributed by atoms with Gasteiger partial charge in [0.1, 0.15) is 9.84 Å². The fourth-order valence-electron chi connectivity index (χ4n) is 1.76. The normalized spacial score (nSPS) is 13.4. The molecule has 0 fully saturated rings. The zero-order chi connectivity index (χ0) is 14.3. The van der Waals surface area contributed by atoms with Crippen LogP contribution in [-0.4, -0.2) is 30.8 Å². The van der Waals surface area contributed by atoms with E-state index >= 15 is 0 Å². The minimum absolute atomic E-state index is 0.157. The molecule has 0 amide bonds.